The summed E-state index contributed by atoms with van der Waals surface area (Å²) in [5, 5.41) is 11.0. The highest BCUT2D eigenvalue weighted by Gasteiger charge is 2.19. The van der Waals surface area contributed by atoms with Gasteiger partial charge >= 0.3 is 0 Å². The number of nitrogens with zero attached hydrogens (tertiary/aromatic N) is 14. The number of benzene rings is 6. The van der Waals surface area contributed by atoms with E-state index in [1.807, 2.05) is 141 Å². The Kier molecular flexibility index (Phi) is 20.4. The molecule has 0 aliphatic carbocycles. The van der Waals surface area contributed by atoms with Gasteiger partial charge < -0.3 is 4.57 Å². The van der Waals surface area contributed by atoms with Gasteiger partial charge in [-0.1, -0.05) is 97.1 Å². The first-order chi connectivity index (χ1) is 57.4. The van der Waals surface area contributed by atoms with Gasteiger partial charge in [0, 0.05) is 170 Å². The quantitative estimate of drug-likeness (QED) is 0.160. The normalized spacial score (nSPS) is 11.4. The molecule has 19 heterocycles. The maximum atomic E-state index is 4.91. The van der Waals surface area contributed by atoms with Crippen LogP contribution < -0.4 is 0 Å². The van der Waals surface area contributed by atoms with Crippen molar-refractivity contribution in [1.29, 1.82) is 0 Å². The van der Waals surface area contributed by atoms with Gasteiger partial charge in [-0.2, -0.15) is 0 Å². The summed E-state index contributed by atoms with van der Waals surface area (Å²) in [5.74, 6) is 0.799. The number of pyridine rings is 9. The maximum absolute atomic E-state index is 4.91. The van der Waals surface area contributed by atoms with Crippen LogP contribution >= 0.6 is 79.4 Å². The summed E-state index contributed by atoms with van der Waals surface area (Å²) in [7, 11) is 0. The molecule has 6 aromatic carbocycles. The number of hydrogen-bond acceptors (Lipinski definition) is 20. The standard InChI is InChI=1S/C29H19N3S.C12H9NS.5C11H8N2S/c1-18-30-27(29-28(31-18)22-12-6-8-14-26(22)33-29)19-15-16-25-23(17-19)21-11-5-7-13-24(21)32(25)20-9-3-2-4-10-20;1-8-3-2-4-9-10-7-13-6-5-11(10)14-12(8)9;1-7-2-5-13-10-8-6-12-4-3-9(8)14-11(7)10;1-7-2-5-13-10-8-3-4-12-6-9(8)14-11(7)10;1-7-4-6-13-10-9-8(14-11(7)10)3-2-5-12-9;1-7-4-6-12-9-8-3-2-5-13-11(8)14-10(7)9;1-7-3-2-4-8-9-11(14-10(7)8)13-6-5-12-9/h2-17H,1H3;2-7H,1H3;5*2-6H,1H3. The zero-order valence-corrected chi connectivity index (χ0v) is 70.0. The number of fused-ring (bicyclic) bond motifs is 24. The number of aryl methyl sites for hydroxylation is 7. The van der Waals surface area contributed by atoms with E-state index in [0.29, 0.717) is 0 Å². The van der Waals surface area contributed by atoms with E-state index in [1.165, 1.54) is 140 Å². The Hall–Kier alpha value is -12.8. The summed E-state index contributed by atoms with van der Waals surface area (Å²) in [4.78, 5) is 59.2. The van der Waals surface area contributed by atoms with E-state index in [-0.39, 0.29) is 0 Å². The molecule has 0 saturated carbocycles. The molecule has 0 spiro atoms. The van der Waals surface area contributed by atoms with Crippen molar-refractivity contribution in [2.45, 2.75) is 48.5 Å². The fourth-order valence-corrected chi connectivity index (χ4v) is 22.5. The number of hydrogen-bond donors (Lipinski definition) is 0. The highest BCUT2D eigenvalue weighted by molar-refractivity contribution is 7.28. The summed E-state index contributed by atoms with van der Waals surface area (Å²) in [6.07, 6.45) is 25.8. The van der Waals surface area contributed by atoms with Gasteiger partial charge in [0.15, 0.2) is 0 Å². The monoisotopic (exact) mass is 1640 g/mol. The molecule has 0 aliphatic heterocycles. The van der Waals surface area contributed by atoms with Gasteiger partial charge in [-0.05, 0) is 185 Å². The van der Waals surface area contributed by atoms with Crippen LogP contribution in [0.3, 0.4) is 0 Å². The van der Waals surface area contributed by atoms with Crippen molar-refractivity contribution in [3.8, 4) is 16.9 Å². The van der Waals surface area contributed by atoms with Gasteiger partial charge in [0.1, 0.15) is 32.0 Å². The molecule has 0 unspecified atom stereocenters. The van der Waals surface area contributed by atoms with Crippen LogP contribution in [-0.2, 0) is 0 Å². The van der Waals surface area contributed by atoms with Gasteiger partial charge in [-0.3, -0.25) is 44.9 Å². The summed E-state index contributed by atoms with van der Waals surface area (Å²) >= 11 is 12.4. The first-order valence-electron chi connectivity index (χ1n) is 37.8. The Labute approximate surface area is 698 Å². The van der Waals surface area contributed by atoms with Crippen molar-refractivity contribution in [2.24, 2.45) is 0 Å². The number of thiophene rings is 7. The molecule has 0 radical (unpaired) electrons. The van der Waals surface area contributed by atoms with Gasteiger partial charge in [0.05, 0.1) is 71.7 Å². The lowest BCUT2D eigenvalue weighted by molar-refractivity contribution is 1.10. The summed E-state index contributed by atoms with van der Waals surface area (Å²) < 4.78 is 17.5. The van der Waals surface area contributed by atoms with E-state index < -0.39 is 0 Å². The molecule has 0 fully saturated rings. The molecular weight excluding hydrogens is 1570 g/mol. The van der Waals surface area contributed by atoms with Crippen molar-refractivity contribution in [3.63, 3.8) is 0 Å². The van der Waals surface area contributed by atoms with Crippen molar-refractivity contribution in [2.75, 3.05) is 0 Å². The Morgan fingerprint density at radius 3 is 1.48 bits per heavy atom. The zero-order valence-electron chi connectivity index (χ0n) is 64.3. The van der Waals surface area contributed by atoms with Crippen LogP contribution in [0, 0.1) is 48.5 Å². The summed E-state index contributed by atoms with van der Waals surface area (Å²) in [5.41, 5.74) is 20.9. The van der Waals surface area contributed by atoms with Crippen LogP contribution in [0.4, 0.5) is 0 Å². The molecule has 0 N–H and O–H groups in total. The predicted molar refractivity (Wildman–Crippen MR) is 500 cm³/mol. The molecule has 21 heteroatoms. The smallest absolute Gasteiger partial charge is 0.143 e. The number of aromatic nitrogens is 14. The van der Waals surface area contributed by atoms with Crippen molar-refractivity contribution in [1.82, 2.24) is 69.4 Å². The van der Waals surface area contributed by atoms with Gasteiger partial charge in [0.25, 0.3) is 0 Å². The molecule has 564 valence electrons. The molecule has 25 aromatic rings. The number of para-hydroxylation sites is 2. The second-order valence-electron chi connectivity index (χ2n) is 28.1. The lowest BCUT2D eigenvalue weighted by Crippen LogP contribution is -1.94. The molecular formula is C96H68N14S7. The fourth-order valence-electron chi connectivity index (χ4n) is 14.8. The Morgan fingerprint density at radius 2 is 0.718 bits per heavy atom. The van der Waals surface area contributed by atoms with E-state index in [4.69, 9.17) is 9.97 Å². The third-order valence-corrected chi connectivity index (χ3v) is 29.2. The van der Waals surface area contributed by atoms with Crippen molar-refractivity contribution >= 4 is 244 Å². The Bertz CT molecular complexity index is 7190. The minimum absolute atomic E-state index is 0.799. The fraction of sp³-hybridized carbons (Fsp3) is 0.0729. The second kappa shape index (κ2) is 32.1. The lowest BCUT2D eigenvalue weighted by atomic mass is 10.1. The third-order valence-electron chi connectivity index (χ3n) is 20.5. The average molecular weight is 1640 g/mol. The molecule has 0 saturated heterocycles. The molecule has 14 nitrogen and oxygen atoms in total. The topological polar surface area (TPSA) is 172 Å². The van der Waals surface area contributed by atoms with Gasteiger partial charge in [-0.15, -0.1) is 79.4 Å². The number of rotatable bonds is 2. The molecule has 0 bridgehead atoms. The van der Waals surface area contributed by atoms with Gasteiger partial charge in [0.2, 0.25) is 0 Å². The van der Waals surface area contributed by atoms with E-state index >= 15 is 0 Å². The van der Waals surface area contributed by atoms with Crippen LogP contribution in [-0.4, -0.2) is 69.4 Å². The highest BCUT2D eigenvalue weighted by Crippen LogP contribution is 2.43. The molecule has 0 atom stereocenters. The largest absolute Gasteiger partial charge is 0.309 e. The minimum Gasteiger partial charge on any atom is -0.309 e. The Balaban J connectivity index is 0.0000000943. The van der Waals surface area contributed by atoms with Crippen LogP contribution in [0.2, 0.25) is 0 Å². The minimum atomic E-state index is 0.799. The SMILES string of the molecule is Cc1cccc2c1sc1ccncc12.Cc1cccc2c1sc1nccnc12.Cc1ccnc2c1sc1cccnc12.Cc1ccnc2c1sc1ccncc12.Cc1ccnc2c1sc1cnccc12.Cc1ccnc2c1sc1ncccc12.Cc1nc(-c2ccc3c(c2)c2ccccc2n3-c2ccccc2)c2sc3ccccc3c2n1. The summed E-state index contributed by atoms with van der Waals surface area (Å²) in [6.45, 7) is 14.7. The first-order valence-corrected chi connectivity index (χ1v) is 43.5. The van der Waals surface area contributed by atoms with Crippen LogP contribution in [0.1, 0.15) is 39.2 Å². The first kappa shape index (κ1) is 74.3. The molecule has 0 amide bonds. The molecule has 117 heavy (non-hydrogen) atoms. The lowest BCUT2D eigenvalue weighted by Gasteiger charge is -2.08. The van der Waals surface area contributed by atoms with Gasteiger partial charge in [-0.25, -0.2) is 19.9 Å². The van der Waals surface area contributed by atoms with Crippen molar-refractivity contribution < 1.29 is 0 Å². The highest BCUT2D eigenvalue weighted by atomic mass is 32.1. The zero-order chi connectivity index (χ0) is 79.2. The second-order valence-corrected chi connectivity index (χ2v) is 35.3. The maximum Gasteiger partial charge on any atom is 0.143 e. The van der Waals surface area contributed by atoms with Crippen LogP contribution in [0.5, 0.6) is 0 Å². The van der Waals surface area contributed by atoms with Crippen LogP contribution in [0.15, 0.2) is 287 Å². The van der Waals surface area contributed by atoms with E-state index in [2.05, 4.69) is 253 Å². The average Bonchev–Trinajstić information content (AvgIpc) is 1.58. The van der Waals surface area contributed by atoms with E-state index in [9.17, 15) is 0 Å². The molecule has 25 rings (SSSR count). The summed E-state index contributed by atoms with van der Waals surface area (Å²) in [6, 6.07) is 69.5. The third kappa shape index (κ3) is 14.3. The Morgan fingerprint density at radius 1 is 0.239 bits per heavy atom. The van der Waals surface area contributed by atoms with E-state index in [0.717, 1.165) is 80.8 Å². The van der Waals surface area contributed by atoms with Crippen molar-refractivity contribution in [3.05, 3.63) is 326 Å². The predicted octanol–water partition coefficient (Wildman–Crippen LogP) is 27.4. The molecule has 19 aromatic heterocycles. The molecule has 0 aliphatic rings. The van der Waals surface area contributed by atoms with Crippen LogP contribution in [0.25, 0.3) is 181 Å². The van der Waals surface area contributed by atoms with E-state index in [1.54, 1.807) is 80.4 Å².